The van der Waals surface area contributed by atoms with E-state index in [9.17, 15) is 22.8 Å². The average molecular weight is 388 g/mol. The molecule has 3 heterocycles. The van der Waals surface area contributed by atoms with Gasteiger partial charge < -0.3 is 15.2 Å². The number of aryl methyl sites for hydroxylation is 1. The van der Waals surface area contributed by atoms with Crippen LogP contribution in [0.2, 0.25) is 0 Å². The predicted molar refractivity (Wildman–Crippen MR) is 87.2 cm³/mol. The molecule has 0 saturated carbocycles. The van der Waals surface area contributed by atoms with Crippen LogP contribution in [-0.2, 0) is 15.7 Å². The normalized spacial score (nSPS) is 20.5. The maximum absolute atomic E-state index is 12.8. The van der Waals surface area contributed by atoms with Crippen LogP contribution in [0.1, 0.15) is 33.8 Å². The number of rotatable bonds is 4. The van der Waals surface area contributed by atoms with Gasteiger partial charge in [0.05, 0.1) is 23.4 Å². The first kappa shape index (κ1) is 18.6. The summed E-state index contributed by atoms with van der Waals surface area (Å²) in [5.41, 5.74) is -1.53. The number of alkyl halides is 3. The summed E-state index contributed by atoms with van der Waals surface area (Å²) in [6.45, 7) is 2.03. The number of pyridine rings is 1. The third-order valence-corrected chi connectivity index (χ3v) is 5.47. The Morgan fingerprint density at radius 3 is 2.73 bits per heavy atom. The number of fused-ring (bicyclic) bond motifs is 1. The molecule has 0 radical (unpaired) electrons. The molecular weight excluding hydrogens is 373 g/mol. The third kappa shape index (κ3) is 3.51. The molecule has 0 spiro atoms. The Morgan fingerprint density at radius 2 is 2.15 bits per heavy atom. The van der Waals surface area contributed by atoms with E-state index in [0.717, 1.165) is 17.4 Å². The zero-order chi connectivity index (χ0) is 19.1. The van der Waals surface area contributed by atoms with Gasteiger partial charge in [-0.3, -0.25) is 9.59 Å². The van der Waals surface area contributed by atoms with Crippen LogP contribution in [-0.4, -0.2) is 40.7 Å². The van der Waals surface area contributed by atoms with E-state index < -0.39 is 29.3 Å². The molecule has 0 aliphatic carbocycles. The van der Waals surface area contributed by atoms with Crippen molar-refractivity contribution in [3.63, 3.8) is 0 Å². The molecule has 3 rings (SSSR count). The second-order valence-electron chi connectivity index (χ2n) is 6.21. The molecule has 6 nitrogen and oxygen atoms in total. The fourth-order valence-electron chi connectivity index (χ4n) is 2.95. The van der Waals surface area contributed by atoms with Crippen LogP contribution in [0.15, 0.2) is 12.1 Å². The lowest BCUT2D eigenvalue weighted by molar-refractivity contribution is -0.141. The Hall–Kier alpha value is -2.20. The van der Waals surface area contributed by atoms with Gasteiger partial charge in [0.2, 0.25) is 0 Å². The number of hydrogen-bond donors (Lipinski definition) is 2. The lowest BCUT2D eigenvalue weighted by Gasteiger charge is -2.26. The highest BCUT2D eigenvalue weighted by Gasteiger charge is 2.39. The smallest absolute Gasteiger partial charge is 0.433 e. The number of aliphatic carboxylic acids is 1. The van der Waals surface area contributed by atoms with Crippen LogP contribution in [0, 0.1) is 6.92 Å². The van der Waals surface area contributed by atoms with Crippen molar-refractivity contribution in [1.82, 2.24) is 10.3 Å². The Labute approximate surface area is 150 Å². The summed E-state index contributed by atoms with van der Waals surface area (Å²) in [7, 11) is 0. The van der Waals surface area contributed by atoms with Gasteiger partial charge >= 0.3 is 12.1 Å². The summed E-state index contributed by atoms with van der Waals surface area (Å²) in [5, 5.41) is 12.2. The summed E-state index contributed by atoms with van der Waals surface area (Å²) in [6.07, 6.45) is -4.51. The molecule has 1 atom stereocenters. The highest BCUT2D eigenvalue weighted by molar-refractivity contribution is 7.20. The number of halogens is 3. The number of nitrogens with one attached hydrogen (secondary N) is 1. The van der Waals surface area contributed by atoms with Crippen LogP contribution < -0.4 is 5.32 Å². The summed E-state index contributed by atoms with van der Waals surface area (Å²) in [4.78, 5) is 27.7. The van der Waals surface area contributed by atoms with Gasteiger partial charge in [0.1, 0.15) is 10.5 Å². The minimum Gasteiger partial charge on any atom is -0.481 e. The van der Waals surface area contributed by atoms with Gasteiger partial charge in [-0.1, -0.05) is 0 Å². The zero-order valence-corrected chi connectivity index (χ0v) is 14.5. The second-order valence-corrected chi connectivity index (χ2v) is 7.21. The Kier molecular flexibility index (Phi) is 4.65. The zero-order valence-electron chi connectivity index (χ0n) is 13.6. The molecule has 10 heteroatoms. The van der Waals surface area contributed by atoms with E-state index in [-0.39, 0.29) is 22.7 Å². The van der Waals surface area contributed by atoms with Gasteiger partial charge in [-0.15, -0.1) is 11.3 Å². The van der Waals surface area contributed by atoms with Crippen molar-refractivity contribution in [1.29, 1.82) is 0 Å². The maximum Gasteiger partial charge on any atom is 0.433 e. The second kappa shape index (κ2) is 6.51. The number of carbonyl (C=O) groups is 2. The molecule has 1 aliphatic rings. The van der Waals surface area contributed by atoms with Gasteiger partial charge in [0.15, 0.2) is 0 Å². The van der Waals surface area contributed by atoms with Crippen molar-refractivity contribution in [2.24, 2.45) is 0 Å². The van der Waals surface area contributed by atoms with E-state index in [1.54, 1.807) is 6.92 Å². The minimum atomic E-state index is -4.57. The van der Waals surface area contributed by atoms with Crippen molar-refractivity contribution in [3.05, 3.63) is 28.3 Å². The quantitative estimate of drug-likeness (QED) is 0.841. The van der Waals surface area contributed by atoms with Crippen molar-refractivity contribution in [2.75, 3.05) is 13.2 Å². The molecule has 1 amide bonds. The van der Waals surface area contributed by atoms with E-state index >= 15 is 0 Å². The first-order valence-corrected chi connectivity index (χ1v) is 8.52. The number of carboxylic acids is 1. The number of hydrogen-bond acceptors (Lipinski definition) is 5. The molecule has 26 heavy (non-hydrogen) atoms. The van der Waals surface area contributed by atoms with E-state index in [0.29, 0.717) is 24.0 Å². The molecule has 2 aromatic rings. The van der Waals surface area contributed by atoms with Gasteiger partial charge in [0, 0.05) is 12.0 Å². The van der Waals surface area contributed by atoms with Crippen LogP contribution in [0.4, 0.5) is 13.2 Å². The number of nitrogens with zero attached hydrogens (tertiary/aromatic N) is 1. The molecule has 140 valence electrons. The Bertz CT molecular complexity index is 872. The van der Waals surface area contributed by atoms with Gasteiger partial charge in [-0.25, -0.2) is 4.98 Å². The van der Waals surface area contributed by atoms with E-state index in [2.05, 4.69) is 10.3 Å². The maximum atomic E-state index is 12.8. The molecule has 0 bridgehead atoms. The SMILES string of the molecule is Cc1c(C(=O)NC2(CC(=O)O)CCOC2)sc2nc(C(F)(F)F)ccc12. The van der Waals surface area contributed by atoms with Gasteiger partial charge in [-0.2, -0.15) is 13.2 Å². The highest BCUT2D eigenvalue weighted by atomic mass is 32.1. The number of carboxylic acid groups (broad SMARTS) is 1. The number of amides is 1. The Morgan fingerprint density at radius 1 is 1.42 bits per heavy atom. The average Bonchev–Trinajstić information content (AvgIpc) is 3.10. The van der Waals surface area contributed by atoms with Crippen LogP contribution in [0.5, 0.6) is 0 Å². The molecule has 1 unspecified atom stereocenters. The molecule has 0 aromatic carbocycles. The summed E-state index contributed by atoms with van der Waals surface area (Å²) in [6, 6.07) is 2.17. The fourth-order valence-corrected chi connectivity index (χ4v) is 4.03. The number of aromatic nitrogens is 1. The van der Waals surface area contributed by atoms with Gasteiger partial charge in [0.25, 0.3) is 5.91 Å². The topological polar surface area (TPSA) is 88.5 Å². The Balaban J connectivity index is 1.93. The summed E-state index contributed by atoms with van der Waals surface area (Å²) < 4.78 is 43.7. The predicted octanol–water partition coefficient (Wildman–Crippen LogP) is 2.99. The largest absolute Gasteiger partial charge is 0.481 e. The first-order valence-electron chi connectivity index (χ1n) is 7.71. The van der Waals surface area contributed by atoms with E-state index in [4.69, 9.17) is 9.84 Å². The van der Waals surface area contributed by atoms with Crippen LogP contribution in [0.25, 0.3) is 10.2 Å². The highest BCUT2D eigenvalue weighted by Crippen LogP contribution is 2.34. The van der Waals surface area contributed by atoms with E-state index in [1.165, 1.54) is 6.07 Å². The molecular formula is C16H15F3N2O4S. The van der Waals surface area contributed by atoms with Crippen molar-refractivity contribution in [3.8, 4) is 0 Å². The molecule has 1 fully saturated rings. The first-order chi connectivity index (χ1) is 12.1. The lowest BCUT2D eigenvalue weighted by atomic mass is 9.94. The van der Waals surface area contributed by atoms with Crippen molar-refractivity contribution in [2.45, 2.75) is 31.5 Å². The van der Waals surface area contributed by atoms with E-state index in [1.807, 2.05) is 0 Å². The number of ether oxygens (including phenoxy) is 1. The number of thiophene rings is 1. The monoisotopic (exact) mass is 388 g/mol. The number of carbonyl (C=O) groups excluding carboxylic acids is 1. The van der Waals surface area contributed by atoms with Crippen molar-refractivity contribution >= 4 is 33.4 Å². The van der Waals surface area contributed by atoms with Crippen LogP contribution in [0.3, 0.4) is 0 Å². The molecule has 1 aliphatic heterocycles. The van der Waals surface area contributed by atoms with Crippen molar-refractivity contribution < 1.29 is 32.6 Å². The lowest BCUT2D eigenvalue weighted by Crippen LogP contribution is -2.50. The molecule has 2 N–H and O–H groups in total. The standard InChI is InChI=1S/C16H15F3N2O4S/c1-8-9-2-3-10(16(17,18)19)20-14(9)26-12(8)13(24)21-15(6-11(22)23)4-5-25-7-15/h2-3H,4-7H2,1H3,(H,21,24)(H,22,23). The third-order valence-electron chi connectivity index (χ3n) is 4.27. The summed E-state index contributed by atoms with van der Waals surface area (Å²) in [5.74, 6) is -1.61. The minimum absolute atomic E-state index is 0.0749. The van der Waals surface area contributed by atoms with Crippen LogP contribution >= 0.6 is 11.3 Å². The molecule has 1 saturated heterocycles. The van der Waals surface area contributed by atoms with Gasteiger partial charge in [-0.05, 0) is 31.0 Å². The summed E-state index contributed by atoms with van der Waals surface area (Å²) >= 11 is 0.852. The fraction of sp³-hybridized carbons (Fsp3) is 0.438. The molecule has 2 aromatic heterocycles.